The Balaban J connectivity index is 2.93. The number of hydrogen-bond acceptors (Lipinski definition) is 5. The molecule has 12 heavy (non-hydrogen) atoms. The number of aromatic carboxylic acids is 1. The molecule has 0 aromatic heterocycles. The molecule has 0 spiro atoms. The van der Waals surface area contributed by atoms with Crippen LogP contribution in [0.3, 0.4) is 0 Å². The van der Waals surface area contributed by atoms with Crippen LogP contribution in [0.1, 0.15) is 10.4 Å². The number of carbonyl (C=O) groups excluding carboxylic acids is 1. The zero-order valence-electron chi connectivity index (χ0n) is 5.97. The van der Waals surface area contributed by atoms with Crippen LogP contribution in [0.4, 0.5) is 5.69 Å². The van der Waals surface area contributed by atoms with Crippen LogP contribution in [-0.4, -0.2) is 16.4 Å². The van der Waals surface area contributed by atoms with Crippen LogP contribution in [0.5, 0.6) is 0 Å². The van der Waals surface area contributed by atoms with E-state index in [0.717, 1.165) is 0 Å². The number of carboxylic acid groups (broad SMARTS) is 1. The molecular formula is C7H6NO4-. The molecular weight excluding hydrogens is 162 g/mol. The lowest BCUT2D eigenvalue weighted by Gasteiger charge is -2.08. The van der Waals surface area contributed by atoms with Crippen LogP contribution in [0.15, 0.2) is 24.3 Å². The van der Waals surface area contributed by atoms with Crippen molar-refractivity contribution < 1.29 is 20.3 Å². The van der Waals surface area contributed by atoms with Crippen molar-refractivity contribution in [1.82, 2.24) is 0 Å². The third-order valence-electron chi connectivity index (χ3n) is 1.33. The first kappa shape index (κ1) is 8.51. The number of carboxylic acids is 1. The Hall–Kier alpha value is -1.59. The maximum Gasteiger partial charge on any atom is 0.0943 e. The highest BCUT2D eigenvalue weighted by Crippen LogP contribution is 2.10. The van der Waals surface area contributed by atoms with Gasteiger partial charge in [0.05, 0.1) is 11.7 Å². The maximum atomic E-state index is 10.2. The zero-order valence-corrected chi connectivity index (χ0v) is 5.97. The summed E-state index contributed by atoms with van der Waals surface area (Å²) in [5.74, 6) is -1.30. The molecule has 0 aliphatic carbocycles. The molecule has 5 heteroatoms. The lowest BCUT2D eigenvalue weighted by Crippen LogP contribution is -2.22. The monoisotopic (exact) mass is 168 g/mol. The van der Waals surface area contributed by atoms with Gasteiger partial charge in [-0.15, -0.1) is 5.23 Å². The topological polar surface area (TPSA) is 83.8 Å². The van der Waals surface area contributed by atoms with Gasteiger partial charge >= 0.3 is 0 Å². The molecule has 0 aliphatic rings. The standard InChI is InChI=1S/C7H7NO4/c9-7(10)5-1-3-6(4-2-5)8(11)12/h1-4,11-12H,(H,9,10)/p-1. The molecule has 2 N–H and O–H groups in total. The quantitative estimate of drug-likeness (QED) is 0.589. The summed E-state index contributed by atoms with van der Waals surface area (Å²) in [5.41, 5.74) is 0.0700. The molecule has 0 radical (unpaired) electrons. The largest absolute Gasteiger partial charge is 0.545 e. The molecule has 1 aromatic carbocycles. The third-order valence-corrected chi connectivity index (χ3v) is 1.33. The van der Waals surface area contributed by atoms with Crippen molar-refractivity contribution in [3.05, 3.63) is 29.8 Å². The molecule has 0 heterocycles. The van der Waals surface area contributed by atoms with Crippen LogP contribution in [0.2, 0.25) is 0 Å². The molecule has 5 nitrogen and oxygen atoms in total. The number of benzene rings is 1. The zero-order chi connectivity index (χ0) is 9.14. The highest BCUT2D eigenvalue weighted by molar-refractivity contribution is 5.86. The van der Waals surface area contributed by atoms with Crippen LogP contribution >= 0.6 is 0 Å². The van der Waals surface area contributed by atoms with Gasteiger partial charge in [0.25, 0.3) is 0 Å². The molecule has 1 aromatic rings. The average Bonchev–Trinajstić information content (AvgIpc) is 2.04. The summed E-state index contributed by atoms with van der Waals surface area (Å²) in [6.45, 7) is 0. The van der Waals surface area contributed by atoms with E-state index in [-0.39, 0.29) is 16.5 Å². The van der Waals surface area contributed by atoms with Gasteiger partial charge in [-0.1, -0.05) is 12.1 Å². The second-order valence-corrected chi connectivity index (χ2v) is 2.12. The van der Waals surface area contributed by atoms with Crippen molar-refractivity contribution in [3.8, 4) is 0 Å². The fourth-order valence-electron chi connectivity index (χ4n) is 0.731. The highest BCUT2D eigenvalue weighted by Gasteiger charge is 1.98. The maximum absolute atomic E-state index is 10.2. The van der Waals surface area contributed by atoms with Gasteiger partial charge in [0.15, 0.2) is 0 Å². The minimum absolute atomic E-state index is 0.0133. The molecule has 0 bridgehead atoms. The predicted octanol–water partition coefficient (Wildman–Crippen LogP) is -0.365. The fourth-order valence-corrected chi connectivity index (χ4v) is 0.731. The van der Waals surface area contributed by atoms with E-state index in [1.54, 1.807) is 0 Å². The SMILES string of the molecule is O=C([O-])c1ccc(N(O)O)cc1. The lowest BCUT2D eigenvalue weighted by molar-refractivity contribution is -0.255. The van der Waals surface area contributed by atoms with Crippen LogP contribution < -0.4 is 10.3 Å². The van der Waals surface area contributed by atoms with E-state index in [2.05, 4.69) is 0 Å². The van der Waals surface area contributed by atoms with Gasteiger partial charge in [-0.25, -0.2) is 0 Å². The second-order valence-electron chi connectivity index (χ2n) is 2.12. The van der Waals surface area contributed by atoms with E-state index in [0.29, 0.717) is 0 Å². The summed E-state index contributed by atoms with van der Waals surface area (Å²) in [4.78, 5) is 10.2. The second kappa shape index (κ2) is 3.21. The van der Waals surface area contributed by atoms with Crippen molar-refractivity contribution in [1.29, 1.82) is 0 Å². The molecule has 64 valence electrons. The van der Waals surface area contributed by atoms with Crippen molar-refractivity contribution in [2.45, 2.75) is 0 Å². The van der Waals surface area contributed by atoms with E-state index in [1.807, 2.05) is 0 Å². The smallest absolute Gasteiger partial charge is 0.0943 e. The molecule has 0 unspecified atom stereocenters. The van der Waals surface area contributed by atoms with E-state index in [4.69, 9.17) is 10.4 Å². The van der Waals surface area contributed by atoms with Crippen molar-refractivity contribution >= 4 is 11.7 Å². The van der Waals surface area contributed by atoms with Crippen molar-refractivity contribution in [3.63, 3.8) is 0 Å². The van der Waals surface area contributed by atoms with Crippen molar-refractivity contribution in [2.75, 3.05) is 5.23 Å². The summed E-state index contributed by atoms with van der Waals surface area (Å²) in [5, 5.41) is 27.1. The van der Waals surface area contributed by atoms with E-state index in [1.165, 1.54) is 24.3 Å². The Morgan fingerprint density at radius 2 is 1.75 bits per heavy atom. The first-order chi connectivity index (χ1) is 5.61. The van der Waals surface area contributed by atoms with Crippen molar-refractivity contribution in [2.24, 2.45) is 0 Å². The first-order valence-corrected chi connectivity index (χ1v) is 3.10. The average molecular weight is 168 g/mol. The highest BCUT2D eigenvalue weighted by atomic mass is 16.8. The van der Waals surface area contributed by atoms with Gasteiger partial charge < -0.3 is 9.90 Å². The van der Waals surface area contributed by atoms with Gasteiger partial charge in [-0.3, -0.25) is 10.4 Å². The van der Waals surface area contributed by atoms with Crippen LogP contribution in [0, 0.1) is 0 Å². The molecule has 0 saturated carbocycles. The summed E-state index contributed by atoms with van der Waals surface area (Å²) in [6, 6.07) is 4.91. The molecule has 0 atom stereocenters. The minimum Gasteiger partial charge on any atom is -0.545 e. The number of anilines is 1. The minimum atomic E-state index is -1.30. The number of hydrogen-bond donors (Lipinski definition) is 2. The predicted molar refractivity (Wildman–Crippen MR) is 36.8 cm³/mol. The summed E-state index contributed by atoms with van der Waals surface area (Å²) >= 11 is 0. The Labute approximate surface area is 68.0 Å². The molecule has 0 aliphatic heterocycles. The summed E-state index contributed by atoms with van der Waals surface area (Å²) in [7, 11) is 0. The first-order valence-electron chi connectivity index (χ1n) is 3.10. The van der Waals surface area contributed by atoms with Gasteiger partial charge in [-0.05, 0) is 17.7 Å². The normalized spacial score (nSPS) is 9.50. The van der Waals surface area contributed by atoms with Gasteiger partial charge in [0.2, 0.25) is 0 Å². The summed E-state index contributed by atoms with van der Waals surface area (Å²) < 4.78 is 0. The Morgan fingerprint density at radius 3 is 2.08 bits per heavy atom. The number of rotatable bonds is 2. The lowest BCUT2D eigenvalue weighted by atomic mass is 10.2. The number of carbonyl (C=O) groups is 1. The molecule has 0 fully saturated rings. The van der Waals surface area contributed by atoms with E-state index >= 15 is 0 Å². The molecule has 0 amide bonds. The van der Waals surface area contributed by atoms with E-state index < -0.39 is 5.97 Å². The van der Waals surface area contributed by atoms with E-state index in [9.17, 15) is 9.90 Å². The Morgan fingerprint density at radius 1 is 1.25 bits per heavy atom. The fraction of sp³-hybridized carbons (Fsp3) is 0. The third kappa shape index (κ3) is 1.71. The Bertz CT molecular complexity index is 280. The van der Waals surface area contributed by atoms with Crippen LogP contribution in [-0.2, 0) is 0 Å². The summed E-state index contributed by atoms with van der Waals surface area (Å²) in [6.07, 6.45) is 0. The Kier molecular flexibility index (Phi) is 2.27. The van der Waals surface area contributed by atoms with Gasteiger partial charge in [0.1, 0.15) is 0 Å². The molecule has 0 saturated heterocycles. The van der Waals surface area contributed by atoms with Gasteiger partial charge in [-0.2, -0.15) is 0 Å². The number of nitrogens with zero attached hydrogens (tertiary/aromatic N) is 1. The van der Waals surface area contributed by atoms with Crippen LogP contribution in [0.25, 0.3) is 0 Å². The van der Waals surface area contributed by atoms with Gasteiger partial charge in [0, 0.05) is 0 Å². The molecule has 1 rings (SSSR count).